The Bertz CT molecular complexity index is 1070. The fourth-order valence-electron chi connectivity index (χ4n) is 3.51. The summed E-state index contributed by atoms with van der Waals surface area (Å²) in [6.45, 7) is 0. The van der Waals surface area contributed by atoms with E-state index in [0.717, 1.165) is 22.7 Å². The van der Waals surface area contributed by atoms with Crippen molar-refractivity contribution in [2.45, 2.75) is 0 Å². The molecule has 5 rings (SSSR count). The van der Waals surface area contributed by atoms with Crippen LogP contribution in [-0.2, 0) is 0 Å². The highest BCUT2D eigenvalue weighted by Crippen LogP contribution is 2.41. The van der Waals surface area contributed by atoms with Crippen LogP contribution < -0.4 is 9.80 Å². The van der Waals surface area contributed by atoms with Crippen LogP contribution in [0.4, 0.5) is 32.8 Å². The molecule has 2 nitrogen and oxygen atoms in total. The zero-order valence-corrected chi connectivity index (χ0v) is 17.9. The summed E-state index contributed by atoms with van der Waals surface area (Å²) in [5.74, 6) is 0. The molecular formula is C26H20N2S2. The van der Waals surface area contributed by atoms with Crippen molar-refractivity contribution < 1.29 is 0 Å². The molecule has 0 fully saturated rings. The van der Waals surface area contributed by atoms with Crippen LogP contribution in [0.2, 0.25) is 0 Å². The second-order valence-electron chi connectivity index (χ2n) is 6.76. The second kappa shape index (κ2) is 8.57. The molecule has 0 unspecified atom stereocenters. The molecule has 30 heavy (non-hydrogen) atoms. The molecule has 0 spiro atoms. The number of thiophene rings is 2. The Kier molecular flexibility index (Phi) is 5.34. The Morgan fingerprint density at radius 3 is 1.07 bits per heavy atom. The normalized spacial score (nSPS) is 10.7. The average Bonchev–Trinajstić information content (AvgIpc) is 3.52. The Labute approximate surface area is 184 Å². The number of benzene rings is 3. The maximum Gasteiger partial charge on any atom is 0.0999 e. The van der Waals surface area contributed by atoms with E-state index in [1.165, 1.54) is 10.0 Å². The van der Waals surface area contributed by atoms with Gasteiger partial charge in [-0.25, -0.2) is 0 Å². The van der Waals surface area contributed by atoms with Gasteiger partial charge in [0, 0.05) is 22.7 Å². The van der Waals surface area contributed by atoms with Crippen molar-refractivity contribution in [2.75, 3.05) is 9.80 Å². The number of anilines is 6. The van der Waals surface area contributed by atoms with Crippen LogP contribution >= 0.6 is 22.7 Å². The van der Waals surface area contributed by atoms with Gasteiger partial charge < -0.3 is 9.80 Å². The lowest BCUT2D eigenvalue weighted by Crippen LogP contribution is -2.10. The third-order valence-corrected chi connectivity index (χ3v) is 6.55. The third-order valence-electron chi connectivity index (χ3n) is 4.85. The highest BCUT2D eigenvalue weighted by atomic mass is 32.1. The maximum absolute atomic E-state index is 2.30. The highest BCUT2D eigenvalue weighted by Gasteiger charge is 2.16. The van der Waals surface area contributed by atoms with E-state index in [1.807, 2.05) is 0 Å². The van der Waals surface area contributed by atoms with Crippen molar-refractivity contribution >= 4 is 55.4 Å². The zero-order valence-electron chi connectivity index (χ0n) is 16.3. The number of hydrogen-bond donors (Lipinski definition) is 0. The van der Waals surface area contributed by atoms with Crippen LogP contribution in [0.25, 0.3) is 0 Å². The van der Waals surface area contributed by atoms with Crippen molar-refractivity contribution in [3.05, 3.63) is 120 Å². The van der Waals surface area contributed by atoms with Gasteiger partial charge in [-0.05, 0) is 83.6 Å². The van der Waals surface area contributed by atoms with Crippen LogP contribution in [0.15, 0.2) is 120 Å². The molecule has 146 valence electrons. The van der Waals surface area contributed by atoms with Gasteiger partial charge in [0.2, 0.25) is 0 Å². The first kappa shape index (κ1) is 18.7. The van der Waals surface area contributed by atoms with Gasteiger partial charge in [-0.1, -0.05) is 36.4 Å². The summed E-state index contributed by atoms with van der Waals surface area (Å²) in [6, 6.07) is 38.3. The minimum atomic E-state index is 1.14. The van der Waals surface area contributed by atoms with Crippen LogP contribution in [0.5, 0.6) is 0 Å². The summed E-state index contributed by atoms with van der Waals surface area (Å²) in [6.07, 6.45) is 0. The van der Waals surface area contributed by atoms with Gasteiger partial charge in [0.05, 0.1) is 10.0 Å². The minimum Gasteiger partial charge on any atom is -0.302 e. The van der Waals surface area contributed by atoms with Crippen LogP contribution in [0.3, 0.4) is 0 Å². The monoisotopic (exact) mass is 424 g/mol. The number of nitrogens with zero attached hydrogens (tertiary/aromatic N) is 2. The fourth-order valence-corrected chi connectivity index (χ4v) is 5.05. The molecule has 0 saturated carbocycles. The zero-order chi connectivity index (χ0) is 20.2. The van der Waals surface area contributed by atoms with Crippen molar-refractivity contribution in [1.82, 2.24) is 0 Å². The Morgan fingerprint density at radius 2 is 0.733 bits per heavy atom. The van der Waals surface area contributed by atoms with E-state index < -0.39 is 0 Å². The average molecular weight is 425 g/mol. The van der Waals surface area contributed by atoms with Crippen molar-refractivity contribution in [1.29, 1.82) is 0 Å². The van der Waals surface area contributed by atoms with Gasteiger partial charge in [-0.3, -0.25) is 0 Å². The molecule has 0 atom stereocenters. The first-order valence-electron chi connectivity index (χ1n) is 9.77. The van der Waals surface area contributed by atoms with Gasteiger partial charge >= 0.3 is 0 Å². The van der Waals surface area contributed by atoms with Gasteiger partial charge in [-0.2, -0.15) is 0 Å². The molecule has 0 aliphatic rings. The molecule has 2 heterocycles. The molecule has 3 aromatic carbocycles. The van der Waals surface area contributed by atoms with E-state index in [4.69, 9.17) is 0 Å². The van der Waals surface area contributed by atoms with Gasteiger partial charge in [-0.15, -0.1) is 22.7 Å². The van der Waals surface area contributed by atoms with E-state index in [2.05, 4.69) is 130 Å². The van der Waals surface area contributed by atoms with Crippen LogP contribution in [0.1, 0.15) is 0 Å². The molecule has 0 saturated heterocycles. The molecule has 0 bridgehead atoms. The van der Waals surface area contributed by atoms with E-state index in [1.54, 1.807) is 22.7 Å². The number of para-hydroxylation sites is 2. The minimum absolute atomic E-state index is 1.14. The van der Waals surface area contributed by atoms with Gasteiger partial charge in [0.1, 0.15) is 0 Å². The maximum atomic E-state index is 2.30. The first-order chi connectivity index (χ1) is 14.9. The predicted octanol–water partition coefficient (Wildman–Crippen LogP) is 8.75. The second-order valence-corrected chi connectivity index (χ2v) is 8.61. The molecular weight excluding hydrogens is 404 g/mol. The van der Waals surface area contributed by atoms with E-state index >= 15 is 0 Å². The van der Waals surface area contributed by atoms with Crippen molar-refractivity contribution in [3.8, 4) is 0 Å². The lowest BCUT2D eigenvalue weighted by molar-refractivity contribution is 1.29. The molecule has 4 heteroatoms. The van der Waals surface area contributed by atoms with Gasteiger partial charge in [0.15, 0.2) is 0 Å². The lowest BCUT2D eigenvalue weighted by atomic mass is 10.2. The quantitative estimate of drug-likeness (QED) is 0.269. The Balaban J connectivity index is 1.55. The van der Waals surface area contributed by atoms with E-state index in [0.29, 0.717) is 0 Å². The van der Waals surface area contributed by atoms with Crippen LogP contribution in [-0.4, -0.2) is 0 Å². The summed E-state index contributed by atoms with van der Waals surface area (Å²) in [7, 11) is 0. The van der Waals surface area contributed by atoms with E-state index in [9.17, 15) is 0 Å². The molecule has 5 aromatic rings. The van der Waals surface area contributed by atoms with Crippen LogP contribution in [0, 0.1) is 0 Å². The third kappa shape index (κ3) is 3.75. The summed E-state index contributed by atoms with van der Waals surface area (Å²) < 4.78 is 0. The Morgan fingerprint density at radius 1 is 0.367 bits per heavy atom. The molecule has 0 N–H and O–H groups in total. The summed E-state index contributed by atoms with van der Waals surface area (Å²) in [5.41, 5.74) is 4.61. The summed E-state index contributed by atoms with van der Waals surface area (Å²) >= 11 is 3.49. The van der Waals surface area contributed by atoms with E-state index in [-0.39, 0.29) is 0 Å². The topological polar surface area (TPSA) is 6.48 Å². The van der Waals surface area contributed by atoms with Crippen molar-refractivity contribution in [3.63, 3.8) is 0 Å². The summed E-state index contributed by atoms with van der Waals surface area (Å²) in [5, 5.41) is 6.64. The largest absolute Gasteiger partial charge is 0.302 e. The predicted molar refractivity (Wildman–Crippen MR) is 132 cm³/mol. The van der Waals surface area contributed by atoms with Gasteiger partial charge in [0.25, 0.3) is 0 Å². The summed E-state index contributed by atoms with van der Waals surface area (Å²) in [4.78, 5) is 4.60. The highest BCUT2D eigenvalue weighted by molar-refractivity contribution is 7.14. The molecule has 2 aromatic heterocycles. The number of hydrogen-bond acceptors (Lipinski definition) is 4. The molecule has 0 amide bonds. The fraction of sp³-hybridized carbons (Fsp3) is 0. The number of rotatable bonds is 6. The Hall–Kier alpha value is -3.34. The molecule has 0 aliphatic heterocycles. The SMILES string of the molecule is c1ccc(N(c2ccc(N(c3ccccc3)c3cccs3)cc2)c2cccs2)cc1. The molecule has 0 radical (unpaired) electrons. The molecule has 0 aliphatic carbocycles. The van der Waals surface area contributed by atoms with Crippen molar-refractivity contribution in [2.24, 2.45) is 0 Å². The lowest BCUT2D eigenvalue weighted by Gasteiger charge is -2.26. The smallest absolute Gasteiger partial charge is 0.0999 e. The standard InChI is InChI=1S/C26H20N2S2/c1-3-9-21(10-4-1)27(25-13-7-19-29-25)23-15-17-24(18-16-23)28(26-14-8-20-30-26)22-11-5-2-6-12-22/h1-20H. The first-order valence-corrected chi connectivity index (χ1v) is 11.5.